The minimum Gasteiger partial charge on any atom is -0.508 e. The van der Waals surface area contributed by atoms with E-state index < -0.39 is 0 Å². The first kappa shape index (κ1) is 16.8. The number of carbonyl (C=O) groups is 1. The van der Waals surface area contributed by atoms with Crippen molar-refractivity contribution in [1.82, 2.24) is 4.90 Å². The molecule has 1 saturated heterocycles. The number of hydrogen-bond donors (Lipinski definition) is 1. The quantitative estimate of drug-likeness (QED) is 0.861. The maximum absolute atomic E-state index is 12.3. The number of benzene rings is 2. The number of aromatic hydroxyl groups is 1. The second kappa shape index (κ2) is 7.71. The molecule has 0 saturated carbocycles. The fourth-order valence-electron chi connectivity index (χ4n) is 2.98. The van der Waals surface area contributed by atoms with Crippen LogP contribution in [0.2, 0.25) is 0 Å². The third kappa shape index (κ3) is 4.29. The number of halogens is 1. The lowest BCUT2D eigenvalue weighted by atomic mass is 9.89. The van der Waals surface area contributed by atoms with Crippen LogP contribution in [0, 0.1) is 0 Å². The number of hydrogen-bond acceptors (Lipinski definition) is 3. The Balaban J connectivity index is 1.48. The van der Waals surface area contributed by atoms with Crippen molar-refractivity contribution >= 4 is 21.8 Å². The summed E-state index contributed by atoms with van der Waals surface area (Å²) in [6.07, 6.45) is 1.88. The van der Waals surface area contributed by atoms with E-state index in [9.17, 15) is 9.90 Å². The van der Waals surface area contributed by atoms with Gasteiger partial charge in [0, 0.05) is 17.6 Å². The monoisotopic (exact) mass is 389 g/mol. The highest BCUT2D eigenvalue weighted by molar-refractivity contribution is 9.10. The first-order valence-corrected chi connectivity index (χ1v) is 8.86. The predicted molar refractivity (Wildman–Crippen MR) is 96.3 cm³/mol. The predicted octanol–water partition coefficient (Wildman–Crippen LogP) is 3.94. The van der Waals surface area contributed by atoms with E-state index in [2.05, 4.69) is 15.9 Å². The maximum atomic E-state index is 12.3. The van der Waals surface area contributed by atoms with Gasteiger partial charge in [0.25, 0.3) is 5.91 Å². The molecule has 0 bridgehead atoms. The van der Waals surface area contributed by atoms with E-state index in [-0.39, 0.29) is 18.3 Å². The van der Waals surface area contributed by atoms with E-state index in [0.29, 0.717) is 11.7 Å². The Kier molecular flexibility index (Phi) is 5.41. The number of phenolic OH excluding ortho intramolecular Hbond substituents is 1. The second-order valence-electron chi connectivity index (χ2n) is 5.99. The molecule has 1 N–H and O–H groups in total. The van der Waals surface area contributed by atoms with Crippen LogP contribution in [-0.2, 0) is 4.79 Å². The number of amides is 1. The minimum absolute atomic E-state index is 0.0297. The van der Waals surface area contributed by atoms with Gasteiger partial charge in [-0.25, -0.2) is 0 Å². The van der Waals surface area contributed by atoms with Gasteiger partial charge < -0.3 is 14.7 Å². The summed E-state index contributed by atoms with van der Waals surface area (Å²) in [7, 11) is 0. The van der Waals surface area contributed by atoms with Crippen LogP contribution in [0.25, 0.3) is 0 Å². The van der Waals surface area contributed by atoms with Gasteiger partial charge in [0.2, 0.25) is 0 Å². The molecule has 0 radical (unpaired) electrons. The zero-order valence-electron chi connectivity index (χ0n) is 13.3. The Morgan fingerprint density at radius 1 is 1.08 bits per heavy atom. The van der Waals surface area contributed by atoms with Gasteiger partial charge in [-0.1, -0.05) is 28.1 Å². The van der Waals surface area contributed by atoms with Crippen LogP contribution in [-0.4, -0.2) is 35.6 Å². The van der Waals surface area contributed by atoms with E-state index >= 15 is 0 Å². The summed E-state index contributed by atoms with van der Waals surface area (Å²) < 4.78 is 6.54. The van der Waals surface area contributed by atoms with Crippen molar-refractivity contribution in [3.05, 3.63) is 58.6 Å². The highest BCUT2D eigenvalue weighted by Crippen LogP contribution is 2.29. The normalized spacial score (nSPS) is 15.3. The smallest absolute Gasteiger partial charge is 0.260 e. The number of nitrogens with zero attached hydrogens (tertiary/aromatic N) is 1. The molecule has 0 unspecified atom stereocenters. The van der Waals surface area contributed by atoms with Gasteiger partial charge in [-0.2, -0.15) is 0 Å². The molecule has 1 aliphatic heterocycles. The number of phenols is 1. The molecule has 1 aliphatic rings. The van der Waals surface area contributed by atoms with Crippen molar-refractivity contribution in [2.75, 3.05) is 19.7 Å². The summed E-state index contributed by atoms with van der Waals surface area (Å²) in [5, 5.41) is 9.37. The molecule has 2 aromatic rings. The highest BCUT2D eigenvalue weighted by atomic mass is 79.9. The summed E-state index contributed by atoms with van der Waals surface area (Å²) in [5.41, 5.74) is 1.23. The number of likely N-dealkylation sites (tertiary alicyclic amines) is 1. The lowest BCUT2D eigenvalue weighted by Gasteiger charge is -2.32. The van der Waals surface area contributed by atoms with Gasteiger partial charge in [-0.05, 0) is 60.7 Å². The van der Waals surface area contributed by atoms with E-state index in [1.54, 1.807) is 12.1 Å². The zero-order valence-corrected chi connectivity index (χ0v) is 14.9. The SMILES string of the molecule is O=C(COc1ccc(Br)cc1)N1CCC(c2ccc(O)cc2)CC1. The minimum atomic E-state index is 0.0297. The third-order valence-corrected chi connectivity index (χ3v) is 4.92. The van der Waals surface area contributed by atoms with Crippen LogP contribution < -0.4 is 4.74 Å². The van der Waals surface area contributed by atoms with Crippen LogP contribution >= 0.6 is 15.9 Å². The fourth-order valence-corrected chi connectivity index (χ4v) is 3.24. The van der Waals surface area contributed by atoms with Crippen molar-refractivity contribution in [2.24, 2.45) is 0 Å². The molecule has 0 spiro atoms. The Morgan fingerprint density at radius 2 is 1.71 bits per heavy atom. The molecule has 0 aliphatic carbocycles. The van der Waals surface area contributed by atoms with Gasteiger partial charge in [-0.15, -0.1) is 0 Å². The van der Waals surface area contributed by atoms with Crippen molar-refractivity contribution in [1.29, 1.82) is 0 Å². The topological polar surface area (TPSA) is 49.8 Å². The van der Waals surface area contributed by atoms with Crippen LogP contribution in [0.5, 0.6) is 11.5 Å². The summed E-state index contributed by atoms with van der Waals surface area (Å²) in [5.74, 6) is 1.46. The van der Waals surface area contributed by atoms with Crippen molar-refractivity contribution < 1.29 is 14.6 Å². The largest absolute Gasteiger partial charge is 0.508 e. The lowest BCUT2D eigenvalue weighted by molar-refractivity contribution is -0.134. The molecule has 0 aromatic heterocycles. The number of piperidine rings is 1. The molecule has 1 amide bonds. The first-order chi connectivity index (χ1) is 11.6. The zero-order chi connectivity index (χ0) is 16.9. The molecule has 1 heterocycles. The molecule has 24 heavy (non-hydrogen) atoms. The number of ether oxygens (including phenoxy) is 1. The van der Waals surface area contributed by atoms with Crippen molar-refractivity contribution in [3.63, 3.8) is 0 Å². The van der Waals surface area contributed by atoms with E-state index in [0.717, 1.165) is 30.4 Å². The van der Waals surface area contributed by atoms with Crippen LogP contribution in [0.3, 0.4) is 0 Å². The van der Waals surface area contributed by atoms with E-state index in [4.69, 9.17) is 4.74 Å². The van der Waals surface area contributed by atoms with Gasteiger partial charge in [0.15, 0.2) is 6.61 Å². The molecular weight excluding hydrogens is 370 g/mol. The van der Waals surface area contributed by atoms with Crippen molar-refractivity contribution in [2.45, 2.75) is 18.8 Å². The van der Waals surface area contributed by atoms with Gasteiger partial charge >= 0.3 is 0 Å². The average molecular weight is 390 g/mol. The Labute approximate surface area is 150 Å². The molecule has 1 fully saturated rings. The molecule has 0 atom stereocenters. The Bertz CT molecular complexity index is 677. The average Bonchev–Trinajstić information content (AvgIpc) is 2.62. The molecule has 4 nitrogen and oxygen atoms in total. The fraction of sp³-hybridized carbons (Fsp3) is 0.316. The second-order valence-corrected chi connectivity index (χ2v) is 6.90. The van der Waals surface area contributed by atoms with E-state index in [1.807, 2.05) is 41.3 Å². The summed E-state index contributed by atoms with van der Waals surface area (Å²) in [4.78, 5) is 14.2. The summed E-state index contributed by atoms with van der Waals surface area (Å²) >= 11 is 3.37. The highest BCUT2D eigenvalue weighted by Gasteiger charge is 2.24. The van der Waals surface area contributed by atoms with Gasteiger partial charge in [0.1, 0.15) is 11.5 Å². The third-order valence-electron chi connectivity index (χ3n) is 4.39. The maximum Gasteiger partial charge on any atom is 0.260 e. The Morgan fingerprint density at radius 3 is 2.33 bits per heavy atom. The number of carbonyl (C=O) groups excluding carboxylic acids is 1. The molecule has 2 aromatic carbocycles. The lowest BCUT2D eigenvalue weighted by Crippen LogP contribution is -2.40. The van der Waals surface area contributed by atoms with Gasteiger partial charge in [0.05, 0.1) is 0 Å². The van der Waals surface area contributed by atoms with Crippen LogP contribution in [0.1, 0.15) is 24.3 Å². The summed E-state index contributed by atoms with van der Waals surface area (Å²) in [6, 6.07) is 14.8. The summed E-state index contributed by atoms with van der Waals surface area (Å²) in [6.45, 7) is 1.56. The van der Waals surface area contributed by atoms with Crippen molar-refractivity contribution in [3.8, 4) is 11.5 Å². The van der Waals surface area contributed by atoms with E-state index in [1.165, 1.54) is 5.56 Å². The first-order valence-electron chi connectivity index (χ1n) is 8.07. The molecule has 3 rings (SSSR count). The van der Waals surface area contributed by atoms with Gasteiger partial charge in [-0.3, -0.25) is 4.79 Å². The number of rotatable bonds is 4. The molecular formula is C19H20BrNO3. The molecule has 126 valence electrons. The van der Waals surface area contributed by atoms with Crippen LogP contribution in [0.15, 0.2) is 53.0 Å². The standard InChI is InChI=1S/C19H20BrNO3/c20-16-3-7-18(8-4-16)24-13-19(23)21-11-9-15(10-12-21)14-1-5-17(22)6-2-14/h1-8,15,22H,9-13H2. The molecule has 5 heteroatoms. The van der Waals surface area contributed by atoms with Crippen LogP contribution in [0.4, 0.5) is 0 Å². The Hall–Kier alpha value is -2.01.